The minimum absolute atomic E-state index is 0.0456. The molecule has 4 rings (SSSR count). The number of nitrogens with one attached hydrogen (secondary N) is 2. The number of nitrogens with zero attached hydrogens (tertiary/aromatic N) is 3. The highest BCUT2D eigenvalue weighted by atomic mass is 32.2. The number of rotatable bonds is 5. The Labute approximate surface area is 173 Å². The molecule has 8 heteroatoms. The number of ether oxygens (including phenoxy) is 1. The summed E-state index contributed by atoms with van der Waals surface area (Å²) < 4.78 is 7.10. The first-order chi connectivity index (χ1) is 14.0. The number of aryl methyl sites for hydroxylation is 2. The average Bonchev–Trinajstić information content (AvgIpc) is 3.12. The van der Waals surface area contributed by atoms with Crippen LogP contribution in [-0.2, 0) is 11.3 Å². The highest BCUT2D eigenvalue weighted by Crippen LogP contribution is 2.37. The molecule has 3 aromatic rings. The number of methoxy groups -OCH3 is 1. The van der Waals surface area contributed by atoms with Crippen LogP contribution >= 0.6 is 11.8 Å². The van der Waals surface area contributed by atoms with Gasteiger partial charge < -0.3 is 15.5 Å². The number of amides is 1. The fourth-order valence-electron chi connectivity index (χ4n) is 3.22. The van der Waals surface area contributed by atoms with Gasteiger partial charge in [-0.05, 0) is 37.1 Å². The maximum absolute atomic E-state index is 13.1. The van der Waals surface area contributed by atoms with E-state index >= 15 is 0 Å². The van der Waals surface area contributed by atoms with Gasteiger partial charge in [0.15, 0.2) is 0 Å². The Balaban J connectivity index is 1.57. The molecule has 2 heterocycles. The van der Waals surface area contributed by atoms with Gasteiger partial charge in [0.2, 0.25) is 11.1 Å². The first kappa shape index (κ1) is 19.3. The maximum atomic E-state index is 13.1. The first-order valence-electron chi connectivity index (χ1n) is 9.37. The molecular weight excluding hydrogens is 386 g/mol. The van der Waals surface area contributed by atoms with Crippen molar-refractivity contribution in [1.29, 1.82) is 0 Å². The van der Waals surface area contributed by atoms with E-state index in [1.54, 1.807) is 7.11 Å². The van der Waals surface area contributed by atoms with Gasteiger partial charge in [0, 0.05) is 6.54 Å². The predicted molar refractivity (Wildman–Crippen MR) is 113 cm³/mol. The van der Waals surface area contributed by atoms with Crippen LogP contribution in [0, 0.1) is 13.8 Å². The molecule has 1 aromatic heterocycles. The zero-order valence-corrected chi connectivity index (χ0v) is 17.4. The van der Waals surface area contributed by atoms with E-state index in [-0.39, 0.29) is 17.2 Å². The minimum Gasteiger partial charge on any atom is -0.497 e. The van der Waals surface area contributed by atoms with Crippen molar-refractivity contribution in [3.63, 3.8) is 0 Å². The lowest BCUT2D eigenvalue weighted by molar-refractivity contribution is -0.121. The van der Waals surface area contributed by atoms with Crippen LogP contribution in [0.5, 0.6) is 5.75 Å². The van der Waals surface area contributed by atoms with Gasteiger partial charge in [-0.1, -0.05) is 53.7 Å². The fraction of sp³-hybridized carbons (Fsp3) is 0.286. The predicted octanol–water partition coefficient (Wildman–Crippen LogP) is 2.98. The highest BCUT2D eigenvalue weighted by molar-refractivity contribution is 8.00. The van der Waals surface area contributed by atoms with E-state index in [9.17, 15) is 4.79 Å². The molecular formula is C21H23N5O2S. The molecule has 0 fully saturated rings. The Morgan fingerprint density at radius 2 is 1.86 bits per heavy atom. The fourth-order valence-corrected chi connectivity index (χ4v) is 4.37. The van der Waals surface area contributed by atoms with Crippen molar-refractivity contribution < 1.29 is 9.53 Å². The van der Waals surface area contributed by atoms with E-state index in [0.29, 0.717) is 11.7 Å². The molecule has 2 atom stereocenters. The first-order valence-corrected chi connectivity index (χ1v) is 10.3. The average molecular weight is 410 g/mol. The van der Waals surface area contributed by atoms with Crippen molar-refractivity contribution in [3.8, 4) is 5.75 Å². The molecule has 0 aliphatic carbocycles. The van der Waals surface area contributed by atoms with Crippen LogP contribution in [0.1, 0.15) is 28.6 Å². The van der Waals surface area contributed by atoms with Crippen molar-refractivity contribution in [1.82, 2.24) is 20.2 Å². The van der Waals surface area contributed by atoms with Crippen LogP contribution < -0.4 is 15.5 Å². The standard InChI is InChI=1S/C21H23N5O2S/c1-13-4-6-15(7-5-13)12-22-20(27)19-18(16-8-10-17(28-3)11-9-16)25-26-14(2)23-24-21(26)29-19/h4-11,18-19,25H,12H2,1-3H3,(H,22,27)/t18-,19-/m0/s1. The van der Waals surface area contributed by atoms with Crippen LogP contribution in [0.25, 0.3) is 0 Å². The maximum Gasteiger partial charge on any atom is 0.236 e. The summed E-state index contributed by atoms with van der Waals surface area (Å²) in [6.07, 6.45) is 0. The largest absolute Gasteiger partial charge is 0.497 e. The summed E-state index contributed by atoms with van der Waals surface area (Å²) in [4.78, 5) is 13.1. The van der Waals surface area contributed by atoms with E-state index < -0.39 is 0 Å². The summed E-state index contributed by atoms with van der Waals surface area (Å²) in [7, 11) is 1.64. The van der Waals surface area contributed by atoms with E-state index in [0.717, 1.165) is 22.7 Å². The van der Waals surface area contributed by atoms with Gasteiger partial charge >= 0.3 is 0 Å². The lowest BCUT2D eigenvalue weighted by Crippen LogP contribution is -2.44. The van der Waals surface area contributed by atoms with E-state index in [4.69, 9.17) is 4.74 Å². The van der Waals surface area contributed by atoms with Crippen molar-refractivity contribution >= 4 is 17.7 Å². The molecule has 0 spiro atoms. The summed E-state index contributed by atoms with van der Waals surface area (Å²) in [5, 5.41) is 11.7. The Bertz CT molecular complexity index is 1000. The van der Waals surface area contributed by atoms with E-state index in [2.05, 4.69) is 20.9 Å². The van der Waals surface area contributed by atoms with Crippen molar-refractivity contribution in [3.05, 3.63) is 71.0 Å². The second-order valence-corrected chi connectivity index (χ2v) is 8.10. The summed E-state index contributed by atoms with van der Waals surface area (Å²) in [5.74, 6) is 1.49. The molecule has 150 valence electrons. The summed E-state index contributed by atoms with van der Waals surface area (Å²) >= 11 is 1.42. The Hall–Kier alpha value is -3.00. The number of carbonyl (C=O) groups is 1. The van der Waals surface area contributed by atoms with Gasteiger partial charge in [-0.2, -0.15) is 0 Å². The van der Waals surface area contributed by atoms with Gasteiger partial charge in [-0.15, -0.1) is 10.2 Å². The molecule has 2 N–H and O–H groups in total. The number of hydrogen-bond acceptors (Lipinski definition) is 6. The summed E-state index contributed by atoms with van der Waals surface area (Å²) in [6.45, 7) is 4.41. The molecule has 1 amide bonds. The van der Waals surface area contributed by atoms with E-state index in [1.165, 1.54) is 17.3 Å². The van der Waals surface area contributed by atoms with E-state index in [1.807, 2.05) is 67.1 Å². The second kappa shape index (κ2) is 8.16. The second-order valence-electron chi connectivity index (χ2n) is 6.99. The zero-order valence-electron chi connectivity index (χ0n) is 16.5. The molecule has 1 aliphatic heterocycles. The summed E-state index contributed by atoms with van der Waals surface area (Å²) in [6, 6.07) is 15.7. The SMILES string of the molecule is COc1ccc([C@@H]2Nn3c(C)nnc3S[C@@H]2C(=O)NCc2ccc(C)cc2)cc1. The molecule has 0 saturated heterocycles. The Morgan fingerprint density at radius 3 is 2.55 bits per heavy atom. The molecule has 7 nitrogen and oxygen atoms in total. The van der Waals surface area contributed by atoms with Crippen LogP contribution in [0.3, 0.4) is 0 Å². The number of benzene rings is 2. The molecule has 2 aromatic carbocycles. The van der Waals surface area contributed by atoms with Gasteiger partial charge in [0.25, 0.3) is 0 Å². The van der Waals surface area contributed by atoms with Crippen LogP contribution in [0.15, 0.2) is 53.7 Å². The number of fused-ring (bicyclic) bond motifs is 1. The van der Waals surface area contributed by atoms with Gasteiger partial charge in [-0.25, -0.2) is 4.68 Å². The van der Waals surface area contributed by atoms with Gasteiger partial charge in [-0.3, -0.25) is 4.79 Å². The highest BCUT2D eigenvalue weighted by Gasteiger charge is 2.37. The molecule has 0 bridgehead atoms. The van der Waals surface area contributed by atoms with Gasteiger partial charge in [0.05, 0.1) is 13.2 Å². The molecule has 1 aliphatic rings. The number of hydrogen-bond donors (Lipinski definition) is 2. The normalized spacial score (nSPS) is 17.9. The minimum atomic E-state index is -0.384. The smallest absolute Gasteiger partial charge is 0.236 e. The van der Waals surface area contributed by atoms with Crippen LogP contribution in [0.2, 0.25) is 0 Å². The summed E-state index contributed by atoms with van der Waals surface area (Å²) in [5.41, 5.74) is 6.66. The molecule has 0 saturated carbocycles. The van der Waals surface area contributed by atoms with Crippen LogP contribution in [-0.4, -0.2) is 33.1 Å². The van der Waals surface area contributed by atoms with Crippen molar-refractivity contribution in [2.75, 3.05) is 12.5 Å². The lowest BCUT2D eigenvalue weighted by Gasteiger charge is -2.32. The number of thioether (sulfide) groups is 1. The van der Waals surface area contributed by atoms with Gasteiger partial charge in [0.1, 0.15) is 16.8 Å². The topological polar surface area (TPSA) is 81.1 Å². The Morgan fingerprint density at radius 1 is 1.14 bits per heavy atom. The third kappa shape index (κ3) is 4.07. The monoisotopic (exact) mass is 409 g/mol. The lowest BCUT2D eigenvalue weighted by atomic mass is 10.0. The van der Waals surface area contributed by atoms with Crippen molar-refractivity contribution in [2.24, 2.45) is 0 Å². The molecule has 29 heavy (non-hydrogen) atoms. The third-order valence-electron chi connectivity index (χ3n) is 4.92. The zero-order chi connectivity index (χ0) is 20.4. The number of carbonyl (C=O) groups excluding carboxylic acids is 1. The Kier molecular flexibility index (Phi) is 5.44. The quantitative estimate of drug-likeness (QED) is 0.674. The van der Waals surface area contributed by atoms with Crippen LogP contribution in [0.4, 0.5) is 0 Å². The molecule has 0 radical (unpaired) electrons. The third-order valence-corrected chi connectivity index (χ3v) is 6.13. The van der Waals surface area contributed by atoms with Crippen molar-refractivity contribution in [2.45, 2.75) is 36.8 Å². The number of aromatic nitrogens is 3. The molecule has 0 unspecified atom stereocenters.